The molecule has 1 aromatic carbocycles. The van der Waals surface area contributed by atoms with Crippen LogP contribution in [0.5, 0.6) is 0 Å². The number of aromatic nitrogens is 3. The summed E-state index contributed by atoms with van der Waals surface area (Å²) in [4.78, 5) is 10.2. The van der Waals surface area contributed by atoms with Crippen molar-refractivity contribution in [1.29, 1.82) is 0 Å². The third-order valence-electron chi connectivity index (χ3n) is 2.81. The van der Waals surface area contributed by atoms with E-state index in [1.807, 2.05) is 11.5 Å². The lowest BCUT2D eigenvalue weighted by atomic mass is 10.2. The van der Waals surface area contributed by atoms with Gasteiger partial charge in [-0.25, -0.2) is 0 Å². The van der Waals surface area contributed by atoms with Gasteiger partial charge in [0.2, 0.25) is 0 Å². The number of nitro groups is 1. The van der Waals surface area contributed by atoms with Gasteiger partial charge in [-0.05, 0) is 12.5 Å². The number of benzene rings is 1. The van der Waals surface area contributed by atoms with Gasteiger partial charge in [0, 0.05) is 24.4 Å². The predicted octanol–water partition coefficient (Wildman–Crippen LogP) is 1.96. The molecule has 2 rings (SSSR count). The third-order valence-corrected chi connectivity index (χ3v) is 3.85. The fourth-order valence-corrected chi connectivity index (χ4v) is 2.73. The second-order valence-corrected chi connectivity index (χ2v) is 5.00. The molecule has 0 amide bonds. The monoisotopic (exact) mass is 293 g/mol. The van der Waals surface area contributed by atoms with Crippen LogP contribution in [0.3, 0.4) is 0 Å². The predicted molar refractivity (Wildman–Crippen MR) is 76.2 cm³/mol. The SMILES string of the molecule is CCn1c(CN)nnc1SCc1ccc([N+](=O)[O-])cc1. The van der Waals surface area contributed by atoms with Crippen LogP contribution in [0.2, 0.25) is 0 Å². The fourth-order valence-electron chi connectivity index (χ4n) is 1.76. The van der Waals surface area contributed by atoms with Gasteiger partial charge in [-0.3, -0.25) is 10.1 Å². The maximum absolute atomic E-state index is 10.6. The Morgan fingerprint density at radius 1 is 1.35 bits per heavy atom. The molecule has 7 nitrogen and oxygen atoms in total. The molecule has 0 aliphatic carbocycles. The quantitative estimate of drug-likeness (QED) is 0.496. The summed E-state index contributed by atoms with van der Waals surface area (Å²) in [5.41, 5.74) is 6.69. The van der Waals surface area contributed by atoms with Gasteiger partial charge in [0.05, 0.1) is 11.5 Å². The van der Waals surface area contributed by atoms with Gasteiger partial charge >= 0.3 is 0 Å². The summed E-state index contributed by atoms with van der Waals surface area (Å²) >= 11 is 1.54. The number of hydrogen-bond donors (Lipinski definition) is 1. The maximum atomic E-state index is 10.6. The van der Waals surface area contributed by atoms with Crippen LogP contribution >= 0.6 is 11.8 Å². The molecule has 2 aromatic rings. The molecule has 0 unspecified atom stereocenters. The van der Waals surface area contributed by atoms with Crippen molar-refractivity contribution in [1.82, 2.24) is 14.8 Å². The van der Waals surface area contributed by atoms with Gasteiger partial charge in [0.1, 0.15) is 5.82 Å². The Kier molecular flexibility index (Phi) is 4.70. The van der Waals surface area contributed by atoms with Crippen molar-refractivity contribution in [2.75, 3.05) is 0 Å². The number of nitrogens with zero attached hydrogens (tertiary/aromatic N) is 4. The molecule has 0 saturated heterocycles. The van der Waals surface area contributed by atoms with E-state index in [1.165, 1.54) is 23.9 Å². The Bertz CT molecular complexity index is 596. The average Bonchev–Trinajstić information content (AvgIpc) is 2.87. The topological polar surface area (TPSA) is 99.9 Å². The van der Waals surface area contributed by atoms with Crippen LogP contribution in [-0.4, -0.2) is 19.7 Å². The molecule has 106 valence electrons. The first-order valence-corrected chi connectivity index (χ1v) is 7.12. The second kappa shape index (κ2) is 6.49. The van der Waals surface area contributed by atoms with Gasteiger partial charge in [-0.2, -0.15) is 0 Å². The van der Waals surface area contributed by atoms with E-state index in [4.69, 9.17) is 5.73 Å². The summed E-state index contributed by atoms with van der Waals surface area (Å²) < 4.78 is 1.97. The fraction of sp³-hybridized carbons (Fsp3) is 0.333. The highest BCUT2D eigenvalue weighted by Crippen LogP contribution is 2.23. The van der Waals surface area contributed by atoms with Crippen LogP contribution in [0, 0.1) is 10.1 Å². The molecule has 0 bridgehead atoms. The van der Waals surface area contributed by atoms with Crippen molar-refractivity contribution in [3.05, 3.63) is 45.8 Å². The summed E-state index contributed by atoms with van der Waals surface area (Å²) in [5, 5.41) is 19.5. The lowest BCUT2D eigenvalue weighted by Crippen LogP contribution is -2.08. The van der Waals surface area contributed by atoms with E-state index >= 15 is 0 Å². The zero-order valence-electron chi connectivity index (χ0n) is 11.0. The molecular weight excluding hydrogens is 278 g/mol. The van der Waals surface area contributed by atoms with Crippen molar-refractivity contribution in [2.24, 2.45) is 5.73 Å². The summed E-state index contributed by atoms with van der Waals surface area (Å²) in [6, 6.07) is 6.51. The lowest BCUT2D eigenvalue weighted by molar-refractivity contribution is -0.384. The van der Waals surface area contributed by atoms with Gasteiger partial charge in [-0.15, -0.1) is 10.2 Å². The van der Waals surface area contributed by atoms with Crippen LogP contribution in [0.1, 0.15) is 18.3 Å². The number of non-ortho nitro benzene ring substituents is 1. The molecule has 0 aliphatic rings. The Morgan fingerprint density at radius 3 is 2.60 bits per heavy atom. The van der Waals surface area contributed by atoms with E-state index in [9.17, 15) is 10.1 Å². The van der Waals surface area contributed by atoms with Crippen LogP contribution in [0.15, 0.2) is 29.4 Å². The smallest absolute Gasteiger partial charge is 0.269 e. The Labute approximate surface area is 120 Å². The van der Waals surface area contributed by atoms with Gasteiger partial charge in [0.25, 0.3) is 5.69 Å². The summed E-state index contributed by atoms with van der Waals surface area (Å²) in [6.45, 7) is 3.14. The zero-order valence-corrected chi connectivity index (χ0v) is 11.8. The number of hydrogen-bond acceptors (Lipinski definition) is 6. The van der Waals surface area contributed by atoms with E-state index in [-0.39, 0.29) is 5.69 Å². The van der Waals surface area contributed by atoms with E-state index in [2.05, 4.69) is 10.2 Å². The van der Waals surface area contributed by atoms with Crippen LogP contribution < -0.4 is 5.73 Å². The van der Waals surface area contributed by atoms with E-state index in [1.54, 1.807) is 12.1 Å². The summed E-state index contributed by atoms with van der Waals surface area (Å²) in [7, 11) is 0. The lowest BCUT2D eigenvalue weighted by Gasteiger charge is -2.05. The van der Waals surface area contributed by atoms with E-state index < -0.39 is 4.92 Å². The minimum absolute atomic E-state index is 0.0980. The van der Waals surface area contributed by atoms with Gasteiger partial charge < -0.3 is 10.3 Å². The molecule has 0 fully saturated rings. The number of nitro benzene ring substituents is 1. The molecule has 0 spiro atoms. The van der Waals surface area contributed by atoms with Gasteiger partial charge in [0.15, 0.2) is 5.16 Å². The Balaban J connectivity index is 2.05. The maximum Gasteiger partial charge on any atom is 0.269 e. The normalized spacial score (nSPS) is 10.7. The van der Waals surface area contributed by atoms with Crippen molar-refractivity contribution < 1.29 is 4.92 Å². The molecule has 1 heterocycles. The molecule has 0 atom stereocenters. The highest BCUT2D eigenvalue weighted by Gasteiger charge is 2.10. The summed E-state index contributed by atoms with van der Waals surface area (Å²) in [5.74, 6) is 1.44. The Hall–Kier alpha value is -1.93. The number of rotatable bonds is 6. The molecule has 20 heavy (non-hydrogen) atoms. The molecule has 2 N–H and O–H groups in total. The van der Waals surface area contributed by atoms with Crippen LogP contribution in [0.25, 0.3) is 0 Å². The molecule has 0 aliphatic heterocycles. The van der Waals surface area contributed by atoms with Crippen molar-refractivity contribution in [3.63, 3.8) is 0 Å². The molecule has 0 saturated carbocycles. The van der Waals surface area contributed by atoms with E-state index in [0.717, 1.165) is 23.1 Å². The summed E-state index contributed by atoms with van der Waals surface area (Å²) in [6.07, 6.45) is 0. The average molecular weight is 293 g/mol. The third kappa shape index (κ3) is 3.14. The van der Waals surface area contributed by atoms with Crippen molar-refractivity contribution in [2.45, 2.75) is 30.9 Å². The molecular formula is C12H15N5O2S. The first kappa shape index (κ1) is 14.5. The van der Waals surface area contributed by atoms with Crippen molar-refractivity contribution >= 4 is 17.4 Å². The minimum atomic E-state index is -0.405. The molecule has 8 heteroatoms. The Morgan fingerprint density at radius 2 is 2.05 bits per heavy atom. The van der Waals surface area contributed by atoms with Crippen molar-refractivity contribution in [3.8, 4) is 0 Å². The highest BCUT2D eigenvalue weighted by molar-refractivity contribution is 7.98. The number of thioether (sulfide) groups is 1. The largest absolute Gasteiger partial charge is 0.324 e. The number of nitrogens with two attached hydrogens (primary N) is 1. The van der Waals surface area contributed by atoms with E-state index in [0.29, 0.717) is 12.3 Å². The first-order chi connectivity index (χ1) is 9.65. The standard InChI is InChI=1S/C12H15N5O2S/c1-2-16-11(7-13)14-15-12(16)20-8-9-3-5-10(6-4-9)17(18)19/h3-6H,2,7-8,13H2,1H3. The molecule has 1 aromatic heterocycles. The zero-order chi connectivity index (χ0) is 14.5. The van der Waals surface area contributed by atoms with Gasteiger partial charge in [-0.1, -0.05) is 23.9 Å². The highest BCUT2D eigenvalue weighted by atomic mass is 32.2. The van der Waals surface area contributed by atoms with Crippen LogP contribution in [-0.2, 0) is 18.8 Å². The first-order valence-electron chi connectivity index (χ1n) is 6.14. The molecule has 0 radical (unpaired) electrons. The van der Waals surface area contributed by atoms with Crippen LogP contribution in [0.4, 0.5) is 5.69 Å². The second-order valence-electron chi connectivity index (χ2n) is 4.06. The minimum Gasteiger partial charge on any atom is -0.324 e.